The zero-order valence-electron chi connectivity index (χ0n) is 17.3. The molecule has 7 heteroatoms. The number of amides is 2. The summed E-state index contributed by atoms with van der Waals surface area (Å²) in [5.74, 6) is -0.0643. The van der Waals surface area contributed by atoms with Gasteiger partial charge in [-0.15, -0.1) is 11.8 Å². The van der Waals surface area contributed by atoms with E-state index in [4.69, 9.17) is 4.42 Å². The molecule has 0 aliphatic carbocycles. The fourth-order valence-corrected chi connectivity index (χ4v) is 5.09. The monoisotopic (exact) mass is 448 g/mol. The van der Waals surface area contributed by atoms with Gasteiger partial charge in [0.25, 0.3) is 11.8 Å². The fourth-order valence-electron chi connectivity index (χ4n) is 4.08. The maximum Gasteiger partial charge on any atom is 0.272 e. The van der Waals surface area contributed by atoms with Crippen molar-refractivity contribution in [2.24, 2.45) is 0 Å². The van der Waals surface area contributed by atoms with E-state index in [2.05, 4.69) is 4.90 Å². The van der Waals surface area contributed by atoms with Crippen LogP contribution in [0.5, 0.6) is 0 Å². The highest BCUT2D eigenvalue weighted by Crippen LogP contribution is 2.40. The molecule has 0 N–H and O–H groups in total. The molecule has 2 aliphatic heterocycles. The van der Waals surface area contributed by atoms with Gasteiger partial charge in [0.05, 0.1) is 28.2 Å². The van der Waals surface area contributed by atoms with Crippen molar-refractivity contribution >= 4 is 40.5 Å². The van der Waals surface area contributed by atoms with Crippen LogP contribution in [0.25, 0.3) is 5.57 Å². The second-order valence-electron chi connectivity index (χ2n) is 7.74. The summed E-state index contributed by atoms with van der Waals surface area (Å²) >= 11 is 1.25. The number of hydrogen-bond acceptors (Lipinski definition) is 5. The van der Waals surface area contributed by atoms with E-state index in [1.807, 2.05) is 30.3 Å². The van der Waals surface area contributed by atoms with Crippen LogP contribution < -0.4 is 9.80 Å². The van der Waals surface area contributed by atoms with Gasteiger partial charge in [0.2, 0.25) is 0 Å². The number of carbonyl (C=O) groups excluding carboxylic acids is 2. The Balaban J connectivity index is 1.47. The number of thioether (sulfide) groups is 1. The highest BCUT2D eigenvalue weighted by atomic mass is 32.2. The summed E-state index contributed by atoms with van der Waals surface area (Å²) in [7, 11) is 0. The first-order valence-corrected chi connectivity index (χ1v) is 11.5. The molecule has 2 amide bonds. The summed E-state index contributed by atoms with van der Waals surface area (Å²) in [6.45, 7) is 2.04. The van der Waals surface area contributed by atoms with Gasteiger partial charge in [-0.05, 0) is 66.9 Å². The highest BCUT2D eigenvalue weighted by Gasteiger charge is 2.40. The molecule has 1 aromatic heterocycles. The number of rotatable bonds is 6. The first-order valence-electron chi connectivity index (χ1n) is 10.5. The van der Waals surface area contributed by atoms with Gasteiger partial charge in [0.1, 0.15) is 11.6 Å². The summed E-state index contributed by atoms with van der Waals surface area (Å²) < 4.78 is 18.9. The third-order valence-corrected chi connectivity index (χ3v) is 6.79. The van der Waals surface area contributed by atoms with Gasteiger partial charge >= 0.3 is 0 Å². The molecule has 2 aliphatic rings. The van der Waals surface area contributed by atoms with Gasteiger partial charge in [0, 0.05) is 18.8 Å². The van der Waals surface area contributed by atoms with Crippen molar-refractivity contribution in [3.63, 3.8) is 0 Å². The van der Waals surface area contributed by atoms with Crippen molar-refractivity contribution in [3.05, 3.63) is 89.0 Å². The molecule has 0 unspecified atom stereocenters. The lowest BCUT2D eigenvalue weighted by atomic mass is 10.1. The fraction of sp³-hybridized carbons (Fsp3) is 0.200. The third kappa shape index (κ3) is 3.84. The maximum absolute atomic E-state index is 13.5. The Hall–Kier alpha value is -3.32. The van der Waals surface area contributed by atoms with E-state index in [9.17, 15) is 14.0 Å². The minimum atomic E-state index is -0.405. The molecule has 3 heterocycles. The molecule has 2 aromatic carbocycles. The Bertz CT molecular complexity index is 1160. The third-order valence-electron chi connectivity index (χ3n) is 5.69. The minimum absolute atomic E-state index is 0.287. The Morgan fingerprint density at radius 3 is 2.22 bits per heavy atom. The van der Waals surface area contributed by atoms with Gasteiger partial charge < -0.3 is 9.32 Å². The van der Waals surface area contributed by atoms with Gasteiger partial charge in [-0.1, -0.05) is 12.1 Å². The molecule has 0 bridgehead atoms. The number of halogens is 1. The average Bonchev–Trinajstić information content (AvgIpc) is 3.55. The van der Waals surface area contributed by atoms with Gasteiger partial charge in [-0.2, -0.15) is 0 Å². The van der Waals surface area contributed by atoms with Crippen LogP contribution in [0.15, 0.2) is 76.2 Å². The number of hydrogen-bond donors (Lipinski definition) is 0. The zero-order valence-corrected chi connectivity index (χ0v) is 18.1. The van der Waals surface area contributed by atoms with E-state index < -0.39 is 11.7 Å². The second kappa shape index (κ2) is 8.67. The van der Waals surface area contributed by atoms with E-state index >= 15 is 0 Å². The first kappa shape index (κ1) is 20.6. The molecule has 0 radical (unpaired) electrons. The molecule has 0 spiro atoms. The van der Waals surface area contributed by atoms with Crippen molar-refractivity contribution in [2.45, 2.75) is 18.6 Å². The lowest BCUT2D eigenvalue weighted by molar-refractivity contribution is -0.119. The lowest BCUT2D eigenvalue weighted by Crippen LogP contribution is -2.31. The lowest BCUT2D eigenvalue weighted by Gasteiger charge is -2.20. The minimum Gasteiger partial charge on any atom is -0.468 e. The van der Waals surface area contributed by atoms with Crippen molar-refractivity contribution in [3.8, 4) is 0 Å². The van der Waals surface area contributed by atoms with Crippen LogP contribution in [0.1, 0.15) is 24.2 Å². The summed E-state index contributed by atoms with van der Waals surface area (Å²) in [4.78, 5) is 30.6. The first-order chi connectivity index (χ1) is 15.6. The number of carbonyl (C=O) groups is 2. The molecule has 1 fully saturated rings. The van der Waals surface area contributed by atoms with Crippen molar-refractivity contribution in [2.75, 3.05) is 22.9 Å². The molecule has 1 saturated heterocycles. The molecular weight excluding hydrogens is 427 g/mol. The van der Waals surface area contributed by atoms with Crippen LogP contribution in [0.4, 0.5) is 15.8 Å². The zero-order chi connectivity index (χ0) is 22.1. The Morgan fingerprint density at radius 1 is 0.875 bits per heavy atom. The van der Waals surface area contributed by atoms with E-state index in [1.54, 1.807) is 12.3 Å². The predicted molar refractivity (Wildman–Crippen MR) is 124 cm³/mol. The van der Waals surface area contributed by atoms with Crippen LogP contribution in [0.2, 0.25) is 0 Å². The van der Waals surface area contributed by atoms with E-state index in [0.717, 1.165) is 18.8 Å². The van der Waals surface area contributed by atoms with Gasteiger partial charge in [-0.3, -0.25) is 9.59 Å². The second-order valence-corrected chi connectivity index (χ2v) is 8.72. The Labute approximate surface area is 189 Å². The molecule has 3 aromatic rings. The standard InChI is InChI=1S/C25H21FN2O3S/c26-18-7-5-17(6-8-18)22-23(32-16-21-4-3-15-31-21)25(30)28(24(22)29)20-11-9-19(10-12-20)27-13-1-2-14-27/h3-12,15H,1-2,13-14,16H2. The van der Waals surface area contributed by atoms with Crippen molar-refractivity contribution < 1.29 is 18.4 Å². The van der Waals surface area contributed by atoms with E-state index in [-0.39, 0.29) is 11.5 Å². The number of imide groups is 1. The molecule has 162 valence electrons. The largest absolute Gasteiger partial charge is 0.468 e. The number of benzene rings is 2. The van der Waals surface area contributed by atoms with Crippen LogP contribution in [-0.2, 0) is 15.3 Å². The van der Waals surface area contributed by atoms with E-state index in [1.165, 1.54) is 53.8 Å². The molecule has 0 atom stereocenters. The smallest absolute Gasteiger partial charge is 0.272 e. The Morgan fingerprint density at radius 2 is 1.56 bits per heavy atom. The van der Waals surface area contributed by atoms with Crippen LogP contribution >= 0.6 is 11.8 Å². The van der Waals surface area contributed by atoms with Crippen LogP contribution in [-0.4, -0.2) is 24.9 Å². The average molecular weight is 449 g/mol. The molecule has 0 saturated carbocycles. The van der Waals surface area contributed by atoms with Crippen molar-refractivity contribution in [1.29, 1.82) is 0 Å². The maximum atomic E-state index is 13.5. The Kier molecular flexibility index (Phi) is 5.57. The van der Waals surface area contributed by atoms with Crippen molar-refractivity contribution in [1.82, 2.24) is 0 Å². The van der Waals surface area contributed by atoms with Gasteiger partial charge in [-0.25, -0.2) is 9.29 Å². The number of anilines is 2. The topological polar surface area (TPSA) is 53.8 Å². The molecule has 5 nitrogen and oxygen atoms in total. The highest BCUT2D eigenvalue weighted by molar-refractivity contribution is 8.03. The van der Waals surface area contributed by atoms with E-state index in [0.29, 0.717) is 27.7 Å². The van der Waals surface area contributed by atoms with Crippen LogP contribution in [0.3, 0.4) is 0 Å². The molecular formula is C25H21FN2O3S. The summed E-state index contributed by atoms with van der Waals surface area (Å²) in [5.41, 5.74) is 2.42. The normalized spacial score (nSPS) is 16.5. The van der Waals surface area contributed by atoms with Gasteiger partial charge in [0.15, 0.2) is 0 Å². The SMILES string of the molecule is O=C1C(SCc2ccco2)=C(c2ccc(F)cc2)C(=O)N1c1ccc(N2CCCC2)cc1. The number of nitrogens with zero attached hydrogens (tertiary/aromatic N) is 2. The summed E-state index contributed by atoms with van der Waals surface area (Å²) in [5, 5.41) is 0. The predicted octanol–water partition coefficient (Wildman–Crippen LogP) is 5.24. The summed E-state index contributed by atoms with van der Waals surface area (Å²) in [6, 6.07) is 16.8. The summed E-state index contributed by atoms with van der Waals surface area (Å²) in [6.07, 6.45) is 3.92. The molecule has 5 rings (SSSR count). The molecule has 32 heavy (non-hydrogen) atoms. The van der Waals surface area contributed by atoms with Crippen LogP contribution in [0, 0.1) is 5.82 Å². The number of furan rings is 1. The quantitative estimate of drug-likeness (QED) is 0.483.